The van der Waals surface area contributed by atoms with E-state index in [2.05, 4.69) is 47.7 Å². The molecule has 1 saturated heterocycles. The maximum atomic E-state index is 12.1. The Hall–Kier alpha value is -4.83. The summed E-state index contributed by atoms with van der Waals surface area (Å²) in [5.74, 6) is 6.06. The third kappa shape index (κ3) is 5.01. The fraction of sp³-hybridized carbons (Fsp3) is 0.345. The van der Waals surface area contributed by atoms with Crippen molar-refractivity contribution in [1.29, 1.82) is 0 Å². The molecule has 0 unspecified atom stereocenters. The lowest BCUT2D eigenvalue weighted by atomic mass is 10.1. The van der Waals surface area contributed by atoms with Gasteiger partial charge >= 0.3 is 6.01 Å². The SMILES string of the molecule is C#Cc1cnn2c(-c3cc(N[C@@H](C)C#C)c(-c4nnc(N5CCC(NC(=O)C6CC6)CC5)o4)cn3)ccc2c1. The molecule has 1 atom stereocenters. The minimum atomic E-state index is -0.244. The minimum Gasteiger partial charge on any atom is -0.403 e. The number of anilines is 2. The van der Waals surface area contributed by atoms with Gasteiger partial charge in [0.1, 0.15) is 0 Å². The van der Waals surface area contributed by atoms with Crippen molar-refractivity contribution in [1.82, 2.24) is 30.1 Å². The Morgan fingerprint density at radius 3 is 2.69 bits per heavy atom. The van der Waals surface area contributed by atoms with Gasteiger partial charge in [0.05, 0.1) is 40.4 Å². The normalized spacial score (nSPS) is 16.4. The molecule has 1 saturated carbocycles. The highest BCUT2D eigenvalue weighted by atomic mass is 16.4. The molecule has 5 heterocycles. The third-order valence-electron chi connectivity index (χ3n) is 7.16. The van der Waals surface area contributed by atoms with Crippen LogP contribution in [0, 0.1) is 30.6 Å². The number of terminal acetylenes is 2. The number of rotatable bonds is 7. The molecule has 0 radical (unpaired) electrons. The third-order valence-corrected chi connectivity index (χ3v) is 7.16. The molecule has 6 rings (SSSR count). The van der Waals surface area contributed by atoms with Gasteiger partial charge in [0, 0.05) is 36.8 Å². The van der Waals surface area contributed by atoms with E-state index in [1.807, 2.05) is 31.2 Å². The van der Waals surface area contributed by atoms with E-state index in [1.54, 1.807) is 16.9 Å². The van der Waals surface area contributed by atoms with Crippen molar-refractivity contribution in [2.45, 2.75) is 44.7 Å². The highest BCUT2D eigenvalue weighted by Gasteiger charge is 2.32. The van der Waals surface area contributed by atoms with Crippen LogP contribution in [0.3, 0.4) is 0 Å². The van der Waals surface area contributed by atoms with E-state index >= 15 is 0 Å². The molecular formula is C29H28N8O2. The summed E-state index contributed by atoms with van der Waals surface area (Å²) in [5, 5.41) is 19.6. The van der Waals surface area contributed by atoms with Crippen LogP contribution in [-0.4, -0.2) is 55.9 Å². The average Bonchev–Trinajstić information content (AvgIpc) is 3.56. The van der Waals surface area contributed by atoms with Crippen molar-refractivity contribution in [3.63, 3.8) is 0 Å². The summed E-state index contributed by atoms with van der Waals surface area (Å²) in [6, 6.07) is 8.08. The maximum absolute atomic E-state index is 12.1. The van der Waals surface area contributed by atoms with Crippen LogP contribution >= 0.6 is 0 Å². The van der Waals surface area contributed by atoms with Crippen molar-refractivity contribution in [3.8, 4) is 47.5 Å². The summed E-state index contributed by atoms with van der Waals surface area (Å²) < 4.78 is 7.89. The molecule has 10 nitrogen and oxygen atoms in total. The molecular weight excluding hydrogens is 492 g/mol. The average molecular weight is 521 g/mol. The Morgan fingerprint density at radius 1 is 1.13 bits per heavy atom. The van der Waals surface area contributed by atoms with Crippen LogP contribution in [0.4, 0.5) is 11.7 Å². The lowest BCUT2D eigenvalue weighted by Gasteiger charge is -2.31. The first-order valence-electron chi connectivity index (χ1n) is 13.1. The maximum Gasteiger partial charge on any atom is 0.318 e. The standard InChI is InChI=1S/C29H28N8O2/c1-4-18(3)32-24-15-25(26-9-8-22-14-19(5-2)16-31-37(22)26)30-17-23(24)28-34-35-29(39-28)36-12-10-21(11-13-36)33-27(38)20-6-7-20/h1-2,8-9,14-18,20-21H,6-7,10-13H2,3H3,(H,30,32)(H,33,38)/t18-/m0/s1. The number of pyridine rings is 1. The molecule has 4 aromatic heterocycles. The molecule has 1 aliphatic heterocycles. The molecule has 10 heteroatoms. The second-order valence-electron chi connectivity index (χ2n) is 10.0. The van der Waals surface area contributed by atoms with Gasteiger partial charge in [-0.1, -0.05) is 16.9 Å². The van der Waals surface area contributed by atoms with Crippen LogP contribution in [0.25, 0.3) is 28.4 Å². The van der Waals surface area contributed by atoms with E-state index in [0.717, 1.165) is 55.7 Å². The number of fused-ring (bicyclic) bond motifs is 1. The smallest absolute Gasteiger partial charge is 0.318 e. The summed E-state index contributed by atoms with van der Waals surface area (Å²) in [7, 11) is 0. The van der Waals surface area contributed by atoms with Crippen LogP contribution in [-0.2, 0) is 4.79 Å². The largest absolute Gasteiger partial charge is 0.403 e. The van der Waals surface area contributed by atoms with Gasteiger partial charge in [-0.25, -0.2) is 4.52 Å². The highest BCUT2D eigenvalue weighted by Crippen LogP contribution is 2.33. The fourth-order valence-electron chi connectivity index (χ4n) is 4.76. The van der Waals surface area contributed by atoms with Crippen LogP contribution < -0.4 is 15.5 Å². The monoisotopic (exact) mass is 520 g/mol. The lowest BCUT2D eigenvalue weighted by Crippen LogP contribution is -2.45. The zero-order valence-electron chi connectivity index (χ0n) is 21.6. The van der Waals surface area contributed by atoms with Gasteiger partial charge in [-0.3, -0.25) is 9.78 Å². The Labute approximate surface area is 226 Å². The zero-order chi connectivity index (χ0) is 26.9. The molecule has 4 aromatic rings. The van der Waals surface area contributed by atoms with Gasteiger partial charge in [0.15, 0.2) is 0 Å². The molecule has 0 spiro atoms. The number of piperidine rings is 1. The first-order chi connectivity index (χ1) is 19.0. The molecule has 0 aromatic carbocycles. The van der Waals surface area contributed by atoms with Gasteiger partial charge in [0.2, 0.25) is 5.91 Å². The lowest BCUT2D eigenvalue weighted by molar-refractivity contribution is -0.123. The first-order valence-corrected chi connectivity index (χ1v) is 13.1. The van der Waals surface area contributed by atoms with E-state index in [1.165, 1.54) is 0 Å². The van der Waals surface area contributed by atoms with Crippen molar-refractivity contribution >= 4 is 23.1 Å². The predicted molar refractivity (Wildman–Crippen MR) is 148 cm³/mol. The van der Waals surface area contributed by atoms with Crippen molar-refractivity contribution < 1.29 is 9.21 Å². The summed E-state index contributed by atoms with van der Waals surface area (Å²) in [6.07, 6.45) is 18.2. The number of nitrogens with zero attached hydrogens (tertiary/aromatic N) is 6. The molecule has 2 aliphatic rings. The van der Waals surface area contributed by atoms with Gasteiger partial charge in [0.25, 0.3) is 5.89 Å². The van der Waals surface area contributed by atoms with Crippen molar-refractivity contribution in [2.75, 3.05) is 23.3 Å². The van der Waals surface area contributed by atoms with Gasteiger partial charge < -0.3 is 20.0 Å². The van der Waals surface area contributed by atoms with Gasteiger partial charge in [-0.2, -0.15) is 5.10 Å². The van der Waals surface area contributed by atoms with Crippen LogP contribution in [0.5, 0.6) is 0 Å². The number of carbonyl (C=O) groups is 1. The first kappa shape index (κ1) is 24.5. The number of amides is 1. The molecule has 39 heavy (non-hydrogen) atoms. The number of hydrogen-bond acceptors (Lipinski definition) is 8. The van der Waals surface area contributed by atoms with E-state index in [4.69, 9.17) is 17.3 Å². The summed E-state index contributed by atoms with van der Waals surface area (Å²) in [6.45, 7) is 3.34. The molecule has 1 aliphatic carbocycles. The molecule has 1 amide bonds. The Bertz CT molecular complexity index is 1610. The predicted octanol–water partition coefficient (Wildman–Crippen LogP) is 3.36. The Kier molecular flexibility index (Phi) is 6.37. The van der Waals surface area contributed by atoms with Crippen molar-refractivity contribution in [3.05, 3.63) is 42.2 Å². The van der Waals surface area contributed by atoms with Gasteiger partial charge in [-0.05, 0) is 56.9 Å². The van der Waals surface area contributed by atoms with E-state index < -0.39 is 0 Å². The number of carbonyl (C=O) groups excluding carboxylic acids is 1. The Balaban J connectivity index is 1.24. The van der Waals surface area contributed by atoms with Crippen molar-refractivity contribution in [2.24, 2.45) is 5.92 Å². The number of nitrogens with one attached hydrogen (secondary N) is 2. The van der Waals surface area contributed by atoms with Crippen LogP contribution in [0.1, 0.15) is 38.2 Å². The molecule has 2 N–H and O–H groups in total. The number of aromatic nitrogens is 5. The second kappa shape index (κ2) is 10.1. The summed E-state index contributed by atoms with van der Waals surface area (Å²) >= 11 is 0. The molecule has 0 bridgehead atoms. The van der Waals surface area contributed by atoms with E-state index in [-0.39, 0.29) is 23.9 Å². The molecule has 2 fully saturated rings. The highest BCUT2D eigenvalue weighted by molar-refractivity contribution is 5.81. The summed E-state index contributed by atoms with van der Waals surface area (Å²) in [4.78, 5) is 18.8. The van der Waals surface area contributed by atoms with E-state index in [0.29, 0.717) is 28.7 Å². The molecule has 196 valence electrons. The zero-order valence-corrected chi connectivity index (χ0v) is 21.6. The second-order valence-corrected chi connectivity index (χ2v) is 10.0. The Morgan fingerprint density at radius 2 is 1.95 bits per heavy atom. The quantitative estimate of drug-likeness (QED) is 0.357. The minimum absolute atomic E-state index is 0.187. The van der Waals surface area contributed by atoms with Gasteiger partial charge in [-0.15, -0.1) is 17.9 Å². The van der Waals surface area contributed by atoms with Crippen LogP contribution in [0.2, 0.25) is 0 Å². The fourth-order valence-corrected chi connectivity index (χ4v) is 4.76. The summed E-state index contributed by atoms with van der Waals surface area (Å²) in [5.41, 5.74) is 4.45. The van der Waals surface area contributed by atoms with Crippen LogP contribution in [0.15, 0.2) is 41.1 Å². The topological polar surface area (TPSA) is 113 Å². The number of hydrogen-bond donors (Lipinski definition) is 2. The van der Waals surface area contributed by atoms with E-state index in [9.17, 15) is 4.79 Å².